The number of carbonyl (C=O) groups is 2. The summed E-state index contributed by atoms with van der Waals surface area (Å²) in [5.74, 6) is -0.406. The molecule has 5 nitrogen and oxygen atoms in total. The van der Waals surface area contributed by atoms with Crippen LogP contribution in [-0.2, 0) is 9.53 Å². The quantitative estimate of drug-likeness (QED) is 0.787. The highest BCUT2D eigenvalue weighted by Gasteiger charge is 2.36. The molecule has 1 aromatic rings. The molecular formula is C18H23ClN2O3. The summed E-state index contributed by atoms with van der Waals surface area (Å²) in [4.78, 5) is 26.6. The molecule has 0 aliphatic carbocycles. The lowest BCUT2D eigenvalue weighted by Crippen LogP contribution is -2.48. The summed E-state index contributed by atoms with van der Waals surface area (Å²) in [5, 5.41) is 3.52. The molecule has 1 aliphatic rings. The lowest BCUT2D eigenvalue weighted by Gasteiger charge is -2.35. The first-order chi connectivity index (χ1) is 11.5. The van der Waals surface area contributed by atoms with Crippen molar-refractivity contribution in [3.05, 3.63) is 46.1 Å². The van der Waals surface area contributed by atoms with Crippen LogP contribution >= 0.6 is 11.6 Å². The van der Waals surface area contributed by atoms with Gasteiger partial charge in [0.25, 0.3) is 0 Å². The van der Waals surface area contributed by atoms with E-state index in [2.05, 4.69) is 12.2 Å². The van der Waals surface area contributed by atoms with Crippen LogP contribution in [0.5, 0.6) is 0 Å². The maximum Gasteiger partial charge on any atom is 0.338 e. The second-order valence-corrected chi connectivity index (χ2v) is 6.10. The van der Waals surface area contributed by atoms with Gasteiger partial charge in [-0.2, -0.15) is 0 Å². The van der Waals surface area contributed by atoms with Gasteiger partial charge in [-0.15, -0.1) is 0 Å². The average Bonchev–Trinajstić information content (AvgIpc) is 2.55. The number of hydrogen-bond donors (Lipinski definition) is 1. The number of amides is 2. The van der Waals surface area contributed by atoms with Crippen LogP contribution in [0, 0.1) is 0 Å². The zero-order chi connectivity index (χ0) is 17.7. The molecule has 0 saturated heterocycles. The maximum absolute atomic E-state index is 12.5. The summed E-state index contributed by atoms with van der Waals surface area (Å²) in [6.45, 7) is 6.48. The normalized spacial score (nSPS) is 17.8. The first-order valence-electron chi connectivity index (χ1n) is 8.21. The van der Waals surface area contributed by atoms with Crippen molar-refractivity contribution in [2.24, 2.45) is 0 Å². The Kier molecular flexibility index (Phi) is 6.26. The highest BCUT2D eigenvalue weighted by atomic mass is 35.5. The van der Waals surface area contributed by atoms with Gasteiger partial charge in [0, 0.05) is 17.3 Å². The van der Waals surface area contributed by atoms with E-state index in [-0.39, 0.29) is 12.6 Å². The third-order valence-corrected chi connectivity index (χ3v) is 4.28. The number of carbonyl (C=O) groups excluding carboxylic acids is 2. The SMILES string of the molecule is CCCCN1C(=O)NC(c2ccc(Cl)cc2)C(C(=O)OCC)=C1C. The first-order valence-corrected chi connectivity index (χ1v) is 8.58. The van der Waals surface area contributed by atoms with Crippen LogP contribution in [0.3, 0.4) is 0 Å². The van der Waals surface area contributed by atoms with E-state index in [0.29, 0.717) is 22.8 Å². The Labute approximate surface area is 147 Å². The van der Waals surface area contributed by atoms with Crippen LogP contribution in [0.15, 0.2) is 35.5 Å². The number of ether oxygens (including phenoxy) is 1. The van der Waals surface area contributed by atoms with Crippen LogP contribution in [0.1, 0.15) is 45.2 Å². The Hall–Kier alpha value is -2.01. The number of allylic oxidation sites excluding steroid dienone is 1. The van der Waals surface area contributed by atoms with Crippen LogP contribution in [0.4, 0.5) is 4.79 Å². The molecule has 0 spiro atoms. The number of nitrogens with zero attached hydrogens (tertiary/aromatic N) is 1. The summed E-state index contributed by atoms with van der Waals surface area (Å²) in [6, 6.07) is 6.36. The number of rotatable bonds is 6. The Balaban J connectivity index is 2.45. The van der Waals surface area contributed by atoms with Crippen molar-refractivity contribution in [1.82, 2.24) is 10.2 Å². The third kappa shape index (κ3) is 3.90. The molecule has 1 N–H and O–H groups in total. The second kappa shape index (κ2) is 8.20. The van der Waals surface area contributed by atoms with Gasteiger partial charge in [-0.25, -0.2) is 9.59 Å². The Bertz CT molecular complexity index is 640. The lowest BCUT2D eigenvalue weighted by atomic mass is 9.95. The topological polar surface area (TPSA) is 58.6 Å². The number of unbranched alkanes of at least 4 members (excludes halogenated alkanes) is 1. The zero-order valence-electron chi connectivity index (χ0n) is 14.3. The molecule has 0 fully saturated rings. The smallest absolute Gasteiger partial charge is 0.338 e. The molecule has 1 heterocycles. The zero-order valence-corrected chi connectivity index (χ0v) is 15.0. The van der Waals surface area contributed by atoms with Gasteiger partial charge in [-0.05, 0) is 38.0 Å². The summed E-state index contributed by atoms with van der Waals surface area (Å²) in [6.07, 6.45) is 1.83. The number of hydrogen-bond acceptors (Lipinski definition) is 3. The van der Waals surface area contributed by atoms with E-state index in [1.54, 1.807) is 30.9 Å². The molecule has 6 heteroatoms. The van der Waals surface area contributed by atoms with E-state index >= 15 is 0 Å². The maximum atomic E-state index is 12.5. The minimum atomic E-state index is -0.535. The van der Waals surface area contributed by atoms with Crippen molar-refractivity contribution in [1.29, 1.82) is 0 Å². The van der Waals surface area contributed by atoms with E-state index in [0.717, 1.165) is 18.4 Å². The van der Waals surface area contributed by atoms with Crippen molar-refractivity contribution in [2.75, 3.05) is 13.2 Å². The van der Waals surface area contributed by atoms with Gasteiger partial charge in [0.1, 0.15) is 0 Å². The average molecular weight is 351 g/mol. The van der Waals surface area contributed by atoms with Crippen molar-refractivity contribution >= 4 is 23.6 Å². The monoisotopic (exact) mass is 350 g/mol. The summed E-state index contributed by atoms with van der Waals surface area (Å²) >= 11 is 5.94. The summed E-state index contributed by atoms with van der Waals surface area (Å²) in [5.41, 5.74) is 1.91. The largest absolute Gasteiger partial charge is 0.463 e. The van der Waals surface area contributed by atoms with Crippen molar-refractivity contribution < 1.29 is 14.3 Å². The van der Waals surface area contributed by atoms with Gasteiger partial charge in [-0.1, -0.05) is 37.1 Å². The number of nitrogens with one attached hydrogen (secondary N) is 1. The lowest BCUT2D eigenvalue weighted by molar-refractivity contribution is -0.139. The molecule has 1 atom stereocenters. The molecule has 1 aliphatic heterocycles. The van der Waals surface area contributed by atoms with E-state index < -0.39 is 12.0 Å². The highest BCUT2D eigenvalue weighted by Crippen LogP contribution is 2.32. The fraction of sp³-hybridized carbons (Fsp3) is 0.444. The van der Waals surface area contributed by atoms with Crippen LogP contribution < -0.4 is 5.32 Å². The Morgan fingerprint density at radius 1 is 1.29 bits per heavy atom. The van der Waals surface area contributed by atoms with Crippen LogP contribution in [0.2, 0.25) is 5.02 Å². The van der Waals surface area contributed by atoms with E-state index in [9.17, 15) is 9.59 Å². The Morgan fingerprint density at radius 2 is 1.96 bits per heavy atom. The molecule has 2 rings (SSSR count). The molecular weight excluding hydrogens is 328 g/mol. The third-order valence-electron chi connectivity index (χ3n) is 4.03. The molecule has 2 amide bonds. The molecule has 0 saturated carbocycles. The Morgan fingerprint density at radius 3 is 2.54 bits per heavy atom. The number of halogens is 1. The minimum absolute atomic E-state index is 0.200. The molecule has 0 radical (unpaired) electrons. The molecule has 1 unspecified atom stereocenters. The molecule has 24 heavy (non-hydrogen) atoms. The van der Waals surface area contributed by atoms with Crippen LogP contribution in [0.25, 0.3) is 0 Å². The van der Waals surface area contributed by atoms with E-state index in [4.69, 9.17) is 16.3 Å². The van der Waals surface area contributed by atoms with Gasteiger partial charge < -0.3 is 10.1 Å². The van der Waals surface area contributed by atoms with Crippen molar-refractivity contribution in [2.45, 2.75) is 39.7 Å². The van der Waals surface area contributed by atoms with Gasteiger partial charge in [0.2, 0.25) is 0 Å². The van der Waals surface area contributed by atoms with E-state index in [1.807, 2.05) is 12.1 Å². The predicted molar refractivity (Wildman–Crippen MR) is 93.7 cm³/mol. The number of urea groups is 1. The van der Waals surface area contributed by atoms with Gasteiger partial charge in [0.15, 0.2) is 0 Å². The predicted octanol–water partition coefficient (Wildman–Crippen LogP) is 4.04. The molecule has 130 valence electrons. The molecule has 0 aromatic heterocycles. The molecule has 0 bridgehead atoms. The van der Waals surface area contributed by atoms with Gasteiger partial charge in [-0.3, -0.25) is 4.90 Å². The standard InChI is InChI=1S/C18H23ClN2O3/c1-4-6-11-21-12(3)15(17(22)24-5-2)16(20-18(21)23)13-7-9-14(19)10-8-13/h7-10,16H,4-6,11H2,1-3H3,(H,20,23). The van der Waals surface area contributed by atoms with Gasteiger partial charge >= 0.3 is 12.0 Å². The van der Waals surface area contributed by atoms with Gasteiger partial charge in [0.05, 0.1) is 18.2 Å². The highest BCUT2D eigenvalue weighted by molar-refractivity contribution is 6.30. The minimum Gasteiger partial charge on any atom is -0.463 e. The van der Waals surface area contributed by atoms with Crippen molar-refractivity contribution in [3.8, 4) is 0 Å². The van der Waals surface area contributed by atoms with E-state index in [1.165, 1.54) is 0 Å². The number of benzene rings is 1. The first kappa shape index (κ1) is 18.3. The number of esters is 1. The van der Waals surface area contributed by atoms with Crippen molar-refractivity contribution in [3.63, 3.8) is 0 Å². The summed E-state index contributed by atoms with van der Waals surface area (Å²) in [7, 11) is 0. The second-order valence-electron chi connectivity index (χ2n) is 5.66. The summed E-state index contributed by atoms with van der Waals surface area (Å²) < 4.78 is 5.21. The van der Waals surface area contributed by atoms with Crippen LogP contribution in [-0.4, -0.2) is 30.1 Å². The fourth-order valence-corrected chi connectivity index (χ4v) is 2.87. The fourth-order valence-electron chi connectivity index (χ4n) is 2.75. The molecule has 1 aromatic carbocycles.